The Morgan fingerprint density at radius 3 is 2.68 bits per heavy atom. The molecule has 1 saturated heterocycles. The normalized spacial score (nSPS) is 18.5. The Kier molecular flexibility index (Phi) is 5.83. The van der Waals surface area contributed by atoms with Crippen molar-refractivity contribution >= 4 is 10.0 Å². The van der Waals surface area contributed by atoms with Gasteiger partial charge in [-0.25, -0.2) is 17.5 Å². The predicted octanol–water partition coefficient (Wildman–Crippen LogP) is 2.81. The first-order valence-corrected chi connectivity index (χ1v) is 10.1. The van der Waals surface area contributed by atoms with Gasteiger partial charge in [-0.15, -0.1) is 0 Å². The zero-order valence-corrected chi connectivity index (χ0v) is 14.9. The van der Waals surface area contributed by atoms with E-state index in [0.717, 1.165) is 31.4 Å². The number of benzene rings is 2. The molecule has 0 aromatic heterocycles. The number of sulfonamides is 1. The van der Waals surface area contributed by atoms with Crippen LogP contribution in [0.3, 0.4) is 0 Å². The van der Waals surface area contributed by atoms with E-state index in [4.69, 9.17) is 0 Å². The summed E-state index contributed by atoms with van der Waals surface area (Å²) >= 11 is 0. The number of rotatable bonds is 7. The Morgan fingerprint density at radius 1 is 1.12 bits per heavy atom. The maximum atomic E-state index is 13.3. The molecule has 0 aliphatic carbocycles. The molecule has 0 unspecified atom stereocenters. The molecule has 1 heterocycles. The molecule has 0 saturated carbocycles. The van der Waals surface area contributed by atoms with Gasteiger partial charge in [0.05, 0.1) is 4.90 Å². The van der Waals surface area contributed by atoms with E-state index in [1.54, 1.807) is 42.5 Å². The molecule has 1 N–H and O–H groups in total. The summed E-state index contributed by atoms with van der Waals surface area (Å²) in [5.74, 6) is -0.210. The minimum absolute atomic E-state index is 0.210. The van der Waals surface area contributed by atoms with E-state index in [1.165, 1.54) is 6.07 Å². The molecule has 2 aromatic rings. The molecular weight excluding hydrogens is 339 g/mol. The standard InChI is InChI=1S/C19H23FN2O2S/c20-17-7-4-6-16(14-17)15-18-8-5-12-22(18)13-11-21-25(23,24)19-9-2-1-3-10-19/h1-4,6-7,9-10,14,18,21H,5,8,11-13,15H2/t18-/m1/s1. The van der Waals surface area contributed by atoms with Gasteiger partial charge in [-0.05, 0) is 55.6 Å². The van der Waals surface area contributed by atoms with Crippen molar-refractivity contribution in [2.24, 2.45) is 0 Å². The topological polar surface area (TPSA) is 49.4 Å². The van der Waals surface area contributed by atoms with Crippen LogP contribution in [-0.2, 0) is 16.4 Å². The van der Waals surface area contributed by atoms with Crippen molar-refractivity contribution < 1.29 is 12.8 Å². The summed E-state index contributed by atoms with van der Waals surface area (Å²) in [5.41, 5.74) is 0.988. The number of nitrogens with zero attached hydrogens (tertiary/aromatic N) is 1. The highest BCUT2D eigenvalue weighted by atomic mass is 32.2. The first-order valence-electron chi connectivity index (χ1n) is 8.58. The fraction of sp³-hybridized carbons (Fsp3) is 0.368. The maximum absolute atomic E-state index is 13.3. The lowest BCUT2D eigenvalue weighted by atomic mass is 10.0. The minimum Gasteiger partial charge on any atom is -0.299 e. The van der Waals surface area contributed by atoms with Crippen LogP contribution >= 0.6 is 0 Å². The van der Waals surface area contributed by atoms with Crippen molar-refractivity contribution in [1.29, 1.82) is 0 Å². The van der Waals surface area contributed by atoms with Gasteiger partial charge < -0.3 is 0 Å². The van der Waals surface area contributed by atoms with Crippen molar-refractivity contribution in [2.45, 2.75) is 30.2 Å². The van der Waals surface area contributed by atoms with E-state index < -0.39 is 10.0 Å². The molecule has 1 aliphatic rings. The Labute approximate surface area is 148 Å². The molecule has 0 amide bonds. The van der Waals surface area contributed by atoms with Crippen LogP contribution in [-0.4, -0.2) is 39.0 Å². The van der Waals surface area contributed by atoms with Crippen molar-refractivity contribution in [2.75, 3.05) is 19.6 Å². The van der Waals surface area contributed by atoms with Gasteiger partial charge in [-0.2, -0.15) is 0 Å². The molecule has 0 spiro atoms. The summed E-state index contributed by atoms with van der Waals surface area (Å²) in [6.45, 7) is 1.98. The van der Waals surface area contributed by atoms with Crippen LogP contribution in [0.25, 0.3) is 0 Å². The molecule has 25 heavy (non-hydrogen) atoms. The third kappa shape index (κ3) is 4.87. The molecule has 1 fully saturated rings. The molecule has 4 nitrogen and oxygen atoms in total. The van der Waals surface area contributed by atoms with E-state index in [2.05, 4.69) is 9.62 Å². The zero-order valence-electron chi connectivity index (χ0n) is 14.1. The van der Waals surface area contributed by atoms with Gasteiger partial charge in [-0.1, -0.05) is 30.3 Å². The highest BCUT2D eigenvalue weighted by Gasteiger charge is 2.25. The molecule has 0 bridgehead atoms. The Bertz CT molecular complexity index is 796. The largest absolute Gasteiger partial charge is 0.299 e. The Balaban J connectivity index is 1.54. The number of nitrogens with one attached hydrogen (secondary N) is 1. The molecular formula is C19H23FN2O2S. The predicted molar refractivity (Wildman–Crippen MR) is 96.3 cm³/mol. The van der Waals surface area contributed by atoms with Crippen LogP contribution in [0, 0.1) is 5.82 Å². The van der Waals surface area contributed by atoms with E-state index in [1.807, 2.05) is 6.07 Å². The quantitative estimate of drug-likeness (QED) is 0.824. The zero-order chi connectivity index (χ0) is 17.7. The fourth-order valence-corrected chi connectivity index (χ4v) is 4.41. The van der Waals surface area contributed by atoms with Crippen molar-refractivity contribution in [3.8, 4) is 0 Å². The number of halogens is 1. The Morgan fingerprint density at radius 2 is 1.92 bits per heavy atom. The molecule has 6 heteroatoms. The van der Waals surface area contributed by atoms with E-state index in [-0.39, 0.29) is 10.7 Å². The van der Waals surface area contributed by atoms with Gasteiger partial charge in [0.25, 0.3) is 0 Å². The first-order chi connectivity index (χ1) is 12.0. The average molecular weight is 362 g/mol. The monoisotopic (exact) mass is 362 g/mol. The van der Waals surface area contributed by atoms with E-state index in [9.17, 15) is 12.8 Å². The second-order valence-electron chi connectivity index (χ2n) is 6.38. The van der Waals surface area contributed by atoms with Gasteiger partial charge in [0, 0.05) is 19.1 Å². The molecule has 3 rings (SSSR count). The minimum atomic E-state index is -3.46. The third-order valence-electron chi connectivity index (χ3n) is 4.60. The van der Waals surface area contributed by atoms with E-state index in [0.29, 0.717) is 19.1 Å². The summed E-state index contributed by atoms with van der Waals surface area (Å²) in [6, 6.07) is 15.4. The number of hydrogen-bond donors (Lipinski definition) is 1. The molecule has 1 atom stereocenters. The summed E-state index contributed by atoms with van der Waals surface area (Å²) in [7, 11) is -3.46. The highest BCUT2D eigenvalue weighted by Crippen LogP contribution is 2.21. The summed E-state index contributed by atoms with van der Waals surface area (Å²) < 4.78 is 40.5. The van der Waals surface area contributed by atoms with Crippen LogP contribution in [0.5, 0.6) is 0 Å². The number of likely N-dealkylation sites (tertiary alicyclic amines) is 1. The summed E-state index contributed by atoms with van der Waals surface area (Å²) in [4.78, 5) is 2.58. The number of hydrogen-bond acceptors (Lipinski definition) is 3. The van der Waals surface area contributed by atoms with Crippen molar-refractivity contribution in [3.63, 3.8) is 0 Å². The highest BCUT2D eigenvalue weighted by molar-refractivity contribution is 7.89. The van der Waals surface area contributed by atoms with Gasteiger partial charge in [0.15, 0.2) is 0 Å². The van der Waals surface area contributed by atoms with Gasteiger partial charge in [-0.3, -0.25) is 4.90 Å². The first kappa shape index (κ1) is 18.0. The molecule has 0 radical (unpaired) electrons. The lowest BCUT2D eigenvalue weighted by molar-refractivity contribution is 0.256. The van der Waals surface area contributed by atoms with Crippen molar-refractivity contribution in [1.82, 2.24) is 9.62 Å². The van der Waals surface area contributed by atoms with Crippen LogP contribution < -0.4 is 4.72 Å². The average Bonchev–Trinajstić information content (AvgIpc) is 3.03. The van der Waals surface area contributed by atoms with Gasteiger partial charge in [0.1, 0.15) is 5.82 Å². The summed E-state index contributed by atoms with van der Waals surface area (Å²) in [5, 5.41) is 0. The van der Waals surface area contributed by atoms with Crippen LogP contribution in [0.1, 0.15) is 18.4 Å². The van der Waals surface area contributed by atoms with Crippen LogP contribution in [0.2, 0.25) is 0 Å². The molecule has 2 aromatic carbocycles. The Hall–Kier alpha value is -1.76. The van der Waals surface area contributed by atoms with Crippen LogP contribution in [0.15, 0.2) is 59.5 Å². The smallest absolute Gasteiger partial charge is 0.240 e. The van der Waals surface area contributed by atoms with Gasteiger partial charge >= 0.3 is 0 Å². The second kappa shape index (κ2) is 8.08. The summed E-state index contributed by atoms with van der Waals surface area (Å²) in [6.07, 6.45) is 2.94. The third-order valence-corrected chi connectivity index (χ3v) is 6.08. The van der Waals surface area contributed by atoms with E-state index >= 15 is 0 Å². The SMILES string of the molecule is O=S(=O)(NCCN1CCC[C@@H]1Cc1cccc(F)c1)c1ccccc1. The lowest BCUT2D eigenvalue weighted by Gasteiger charge is -2.24. The fourth-order valence-electron chi connectivity index (χ4n) is 3.36. The molecule has 134 valence electrons. The lowest BCUT2D eigenvalue weighted by Crippen LogP contribution is -2.38. The molecule has 1 aliphatic heterocycles. The van der Waals surface area contributed by atoms with Crippen LogP contribution in [0.4, 0.5) is 4.39 Å². The van der Waals surface area contributed by atoms with Crippen molar-refractivity contribution in [3.05, 3.63) is 66.0 Å². The maximum Gasteiger partial charge on any atom is 0.240 e. The second-order valence-corrected chi connectivity index (χ2v) is 8.14. The van der Waals surface area contributed by atoms with Gasteiger partial charge in [0.2, 0.25) is 10.0 Å².